The van der Waals surface area contributed by atoms with Crippen LogP contribution in [0.1, 0.15) is 102 Å². The first-order valence-corrected chi connectivity index (χ1v) is 53.8. The van der Waals surface area contributed by atoms with Crippen LogP contribution in [0.25, 0.3) is 65.9 Å². The van der Waals surface area contributed by atoms with Gasteiger partial charge in [-0.25, -0.2) is 19.9 Å². The van der Waals surface area contributed by atoms with Gasteiger partial charge >= 0.3 is 42.1 Å². The Bertz CT molecular complexity index is 7030. The first-order chi connectivity index (χ1) is 70.1. The van der Waals surface area contributed by atoms with Gasteiger partial charge in [0.05, 0.1) is 88.8 Å². The molecule has 738 valence electrons. The van der Waals surface area contributed by atoms with Crippen LogP contribution in [-0.2, 0) is 22.5 Å². The third-order valence-electron chi connectivity index (χ3n) is 22.2. The zero-order valence-corrected chi connectivity index (χ0v) is 88.6. The number of benzene rings is 11. The number of Topliss-reactive ketones (excluding diaryl/α,β-unsaturated/α-hetero) is 3. The fourth-order valence-corrected chi connectivity index (χ4v) is 20.3. The van der Waals surface area contributed by atoms with Crippen molar-refractivity contribution in [1.29, 1.82) is 5.26 Å². The van der Waals surface area contributed by atoms with Gasteiger partial charge in [0, 0.05) is 134 Å². The summed E-state index contributed by atoms with van der Waals surface area (Å²) < 4.78 is 39.0. The monoisotopic (exact) mass is 2190 g/mol. The van der Waals surface area contributed by atoms with Gasteiger partial charge < -0.3 is 68.5 Å². The molecule has 0 aliphatic carbocycles. The molecular formula is C112H107BBrCl2N11O12P2PdS2. The summed E-state index contributed by atoms with van der Waals surface area (Å²) >= 11 is 13.3. The number of H-pyrrole nitrogens is 3. The number of carbonyl (C=O) groups excluding carboxylic acids is 3. The predicted octanol–water partition coefficient (Wildman–Crippen LogP) is 23.8. The van der Waals surface area contributed by atoms with Gasteiger partial charge in [0.1, 0.15) is 11.9 Å². The van der Waals surface area contributed by atoms with Crippen molar-refractivity contribution in [3.63, 3.8) is 0 Å². The molecule has 0 fully saturated rings. The van der Waals surface area contributed by atoms with E-state index >= 15 is 0 Å². The number of rotatable bonds is 30. The third kappa shape index (κ3) is 31.7. The number of carbonyl (C=O) groups is 3. The number of halogens is 3. The van der Waals surface area contributed by atoms with E-state index in [4.69, 9.17) is 85.5 Å². The Morgan fingerprint density at radius 2 is 0.806 bits per heavy atom. The number of nitriles is 1. The summed E-state index contributed by atoms with van der Waals surface area (Å²) in [6, 6.07) is 108. The van der Waals surface area contributed by atoms with Crippen LogP contribution in [0.15, 0.2) is 344 Å². The van der Waals surface area contributed by atoms with Gasteiger partial charge in [0.2, 0.25) is 22.4 Å². The molecule has 144 heavy (non-hydrogen) atoms. The quantitative estimate of drug-likeness (QED) is 0.00801. The van der Waals surface area contributed by atoms with Crippen LogP contribution in [-0.4, -0.2) is 129 Å². The molecule has 0 amide bonds. The second kappa shape index (κ2) is 58.2. The van der Waals surface area contributed by atoms with Gasteiger partial charge in [-0.3, -0.25) is 14.4 Å². The van der Waals surface area contributed by atoms with E-state index in [9.17, 15) is 14.4 Å². The van der Waals surface area contributed by atoms with Crippen molar-refractivity contribution in [2.75, 3.05) is 55.5 Å². The number of aromatic amines is 3. The van der Waals surface area contributed by atoms with E-state index in [1.165, 1.54) is 65.4 Å². The number of ketones is 3. The normalized spacial score (nSPS) is 10.4. The van der Waals surface area contributed by atoms with Gasteiger partial charge in [0.25, 0.3) is 0 Å². The number of hydrogen-bond donors (Lipinski definition) is 6. The summed E-state index contributed by atoms with van der Waals surface area (Å²) in [6.07, 6.45) is 11.0. The van der Waals surface area contributed by atoms with E-state index in [0.717, 1.165) is 90.8 Å². The molecule has 0 spiro atoms. The zero-order chi connectivity index (χ0) is 103. The summed E-state index contributed by atoms with van der Waals surface area (Å²) in [5, 5.41) is 40.6. The van der Waals surface area contributed by atoms with E-state index in [1.54, 1.807) is 75.7 Å². The number of aromatic nitrogens is 8. The van der Waals surface area contributed by atoms with Crippen LogP contribution in [0.5, 0.6) is 40.6 Å². The van der Waals surface area contributed by atoms with Crippen LogP contribution in [0.3, 0.4) is 0 Å². The molecule has 18 aromatic rings. The summed E-state index contributed by atoms with van der Waals surface area (Å²) in [6.45, 7) is 4.64. The second-order valence-corrected chi connectivity index (χ2v) is 39.8. The minimum absolute atomic E-state index is 0.0131. The zero-order valence-electron chi connectivity index (χ0n) is 80.5. The maximum Gasteiger partial charge on any atom is -0.0134 e. The van der Waals surface area contributed by atoms with Crippen molar-refractivity contribution in [2.24, 2.45) is 4.99 Å². The first-order valence-electron chi connectivity index (χ1n) is 45.5. The van der Waals surface area contributed by atoms with Crippen molar-refractivity contribution >= 4 is 197 Å². The predicted molar refractivity (Wildman–Crippen MR) is 593 cm³/mol. The number of nitrogens with zero attached hydrogens (tertiary/aromatic N) is 7. The summed E-state index contributed by atoms with van der Waals surface area (Å²) in [4.78, 5) is 67.1. The molecule has 0 aliphatic rings. The van der Waals surface area contributed by atoms with Crippen LogP contribution >= 0.6 is 75.3 Å². The van der Waals surface area contributed by atoms with Crippen LogP contribution in [0.4, 0.5) is 11.5 Å². The number of methoxy groups -OCH3 is 7. The average Bonchev–Trinajstić information content (AvgIpc) is 1.04. The first kappa shape index (κ1) is 111. The summed E-state index contributed by atoms with van der Waals surface area (Å²) in [5.74, 6) is 4.57. The number of fused-ring (bicyclic) bond motifs is 4. The van der Waals surface area contributed by atoms with Gasteiger partial charge in [-0.05, 0) is 187 Å². The maximum atomic E-state index is 13.0. The summed E-state index contributed by atoms with van der Waals surface area (Å²) in [5.41, 5.74) is 17.2. The van der Waals surface area contributed by atoms with Crippen molar-refractivity contribution in [3.05, 3.63) is 366 Å². The third-order valence-corrected chi connectivity index (χ3v) is 28.0. The Labute approximate surface area is 875 Å². The topological polar surface area (TPSA) is 322 Å². The van der Waals surface area contributed by atoms with E-state index in [0.29, 0.717) is 122 Å². The molecule has 23 nitrogen and oxygen atoms in total. The molecule has 7 N–H and O–H groups in total. The SMILES string of the molecule is CCCCC(=O)c1cc2cc(-c3ccc(OC)nc3)ccc2[nH]1.CCCCC(=O)c1cc2cc(Br)ccc2[nH]1.COc1cc(C#N)c(N=C=S)cc1OC.COc1ccc(-c2ccc3[nH]c(C(=O)CCCn4c(N)c5cc(OC)c(OC)cc5nc4=S)cc3c2)cn1.COc1ccc(B(O)O)cn1.[Cl][Pd][Cl].c1ccc(P(c2ccccc2)c2ccccc2)cc1.c1ccc(P(c2ccccc2)c2ccccc2)cc1. The molecule has 0 aliphatic heterocycles. The smallest absolute Gasteiger partial charge is 0.0134 e. The number of pyridine rings is 3. The molecule has 0 bridgehead atoms. The minimum Gasteiger partial charge on any atom is -0.0622 e. The minimum atomic E-state index is -1.46. The molecule has 0 radical (unpaired) electrons. The van der Waals surface area contributed by atoms with Gasteiger partial charge in [-0.2, -0.15) is 10.3 Å². The molecule has 11 aromatic carbocycles. The van der Waals surface area contributed by atoms with Crippen molar-refractivity contribution in [1.82, 2.24) is 39.5 Å². The Balaban J connectivity index is 0.000000165. The number of thiocarbonyl (C=S) groups is 1. The van der Waals surface area contributed by atoms with Crippen molar-refractivity contribution in [3.8, 4) is 69.0 Å². The molecule has 18 rings (SSSR count). The molecular weight excluding hydrogens is 2090 g/mol. The number of nitrogen functional groups attached to an aromatic ring is 1. The largest absolute Gasteiger partial charge is 0.0622 e. The molecule has 32 heteroatoms. The Morgan fingerprint density at radius 3 is 1.15 bits per heavy atom. The van der Waals surface area contributed by atoms with E-state index in [-0.39, 0.29) is 33.3 Å². The van der Waals surface area contributed by atoms with Crippen molar-refractivity contribution < 1.29 is 73.5 Å². The number of nitrogens with one attached hydrogen (secondary N) is 3. The van der Waals surface area contributed by atoms with E-state index in [1.807, 2.05) is 97.1 Å². The van der Waals surface area contributed by atoms with Gasteiger partial charge in [0.15, 0.2) is 40.3 Å². The fourth-order valence-electron chi connectivity index (χ4n) is 14.9. The number of nitrogens with two attached hydrogens (primary N) is 1. The Hall–Kier alpha value is -13.7. The number of unbranched alkanes of at least 4 members (excludes halogenated alkanes) is 2. The number of anilines is 1. The summed E-state index contributed by atoms with van der Waals surface area (Å²) in [7, 11) is 18.1. The number of ether oxygens (including phenoxy) is 7. The van der Waals surface area contributed by atoms with Crippen molar-refractivity contribution in [2.45, 2.75) is 71.8 Å². The molecule has 0 saturated carbocycles. The van der Waals surface area contributed by atoms with Crippen LogP contribution in [0.2, 0.25) is 0 Å². The Kier molecular flexibility index (Phi) is 44.7. The Morgan fingerprint density at radius 1 is 0.458 bits per heavy atom. The second-order valence-electron chi connectivity index (χ2n) is 31.6. The molecule has 0 unspecified atom stereocenters. The van der Waals surface area contributed by atoms with Crippen LogP contribution < -0.4 is 76.2 Å². The number of isothiocyanates is 1. The molecule has 0 atom stereocenters. The number of aliphatic imine (C=N–C) groups is 1. The average molecular weight is 2190 g/mol. The van der Waals surface area contributed by atoms with E-state index in [2.05, 4.69) is 275 Å². The van der Waals surface area contributed by atoms with E-state index < -0.39 is 23.0 Å². The van der Waals surface area contributed by atoms with Gasteiger partial charge in [-0.15, -0.1) is 0 Å². The standard InChI is InChI=1S/C28H27N5O4S.C19H20N2O2.2C18H15P.C13H14BrNO.C10H8N2O2S.C6H8BNO3.2ClH.Pd/c1-35-24-13-19-21(14-25(24)36-2)32-28(38)33(27(19)29)10-4-5-23(34)22-12-18-11-16(6-8-20(18)31-22)17-7-9-26(37-3)30-15-17;1-3-4-5-18(22)17-11-15-10-13(6-8-16(15)21-17)14-7-9-19(23-2)20-12-14;2*1-4-10-16(11-5-1)19(17-12-6-2-7-13-17)18-14-8-3-9-15-18;1-2-3-4-13(16)12-8-9-7-10(14)5-6-11(9)15-12;1-13-9-3-7(5-11)8(12-6-15)4-10(9)14-2;1-11-6-3-2-5(4-8-6)7(9)10;;;/h6-9,11-15,31H,4-5,10,29H2,1-3H3;6-12,21H,3-5H2,1-2H3;2*1-15H;5-8,15H,2-4H2,1H3;3-4H,1-2H3;2-4,9-10H,1H3;2*1H;/q;;;;;;;;;+2/p-2. The maximum absolute atomic E-state index is 13.0. The molecule has 0 saturated heterocycles. The number of hydrogen-bond acceptors (Lipinski definition) is 21. The molecule has 7 aromatic heterocycles. The van der Waals surface area contributed by atoms with Gasteiger partial charge in [-0.1, -0.05) is 243 Å². The van der Waals surface area contributed by atoms with Crippen LogP contribution in [0, 0.1) is 16.1 Å². The fraction of sp³-hybridized carbons (Fsp3) is 0.161. The molecule has 7 heterocycles.